The van der Waals surface area contributed by atoms with Gasteiger partial charge in [0.05, 0.1) is 11.6 Å². The highest BCUT2D eigenvalue weighted by molar-refractivity contribution is 9.13. The van der Waals surface area contributed by atoms with Gasteiger partial charge in [0.2, 0.25) is 0 Å². The lowest BCUT2D eigenvalue weighted by Gasteiger charge is -2.18. The summed E-state index contributed by atoms with van der Waals surface area (Å²) in [5.41, 5.74) is 7.14. The van der Waals surface area contributed by atoms with E-state index >= 15 is 0 Å². The summed E-state index contributed by atoms with van der Waals surface area (Å²) in [4.78, 5) is 0. The molecule has 0 fully saturated rings. The average Bonchev–Trinajstić information content (AvgIpc) is 2.33. The second-order valence-electron chi connectivity index (χ2n) is 4.72. The molecule has 0 saturated carbocycles. The van der Waals surface area contributed by atoms with Gasteiger partial charge >= 0.3 is 0 Å². The molecule has 0 heterocycles. The monoisotopic (exact) mass is 415 g/mol. The molecule has 6 heteroatoms. The molecule has 0 aromatic heterocycles. The van der Waals surface area contributed by atoms with Gasteiger partial charge in [-0.05, 0) is 62.2 Å². The van der Waals surface area contributed by atoms with Crippen molar-refractivity contribution < 1.29 is 9.84 Å². The van der Waals surface area contributed by atoms with Crippen LogP contribution in [0.4, 0.5) is 0 Å². The maximum Gasteiger partial charge on any atom is 0.173 e. The molecule has 3 N–H and O–H groups in total. The lowest BCUT2D eigenvalue weighted by atomic mass is 9.98. The molecule has 0 radical (unpaired) electrons. The zero-order chi connectivity index (χ0) is 13.9. The minimum absolute atomic E-state index is 0. The molecule has 0 aliphatic carbocycles. The third-order valence-electron chi connectivity index (χ3n) is 2.85. The summed E-state index contributed by atoms with van der Waals surface area (Å²) >= 11 is 6.80. The van der Waals surface area contributed by atoms with Crippen molar-refractivity contribution >= 4 is 44.3 Å². The van der Waals surface area contributed by atoms with E-state index in [4.69, 9.17) is 10.5 Å². The van der Waals surface area contributed by atoms with Crippen molar-refractivity contribution in [1.29, 1.82) is 0 Å². The smallest absolute Gasteiger partial charge is 0.173 e. The zero-order valence-electron chi connectivity index (χ0n) is 11.2. The predicted octanol–water partition coefficient (Wildman–Crippen LogP) is 4.78. The second kappa shape index (κ2) is 8.35. The highest BCUT2D eigenvalue weighted by Gasteiger charge is 2.19. The minimum Gasteiger partial charge on any atom is -0.503 e. The standard InChI is InChI=1S/C13H19Br2NO2.ClH/c1-7(2)4-5-9(16)8-6-10(18-3)13(17)12(15)11(8)14;/h6-7,9,17H,4-5,16H2,1-3H3;1H/t9-;/m1./s1. The molecule has 0 bridgehead atoms. The molecule has 1 rings (SSSR count). The highest BCUT2D eigenvalue weighted by atomic mass is 79.9. The second-order valence-corrected chi connectivity index (χ2v) is 6.31. The Morgan fingerprint density at radius 1 is 1.26 bits per heavy atom. The van der Waals surface area contributed by atoms with Crippen molar-refractivity contribution in [2.24, 2.45) is 11.7 Å². The first-order valence-corrected chi connectivity index (χ1v) is 7.47. The number of phenolic OH excluding ortho intramolecular Hbond substituents is 1. The van der Waals surface area contributed by atoms with Crippen LogP contribution < -0.4 is 10.5 Å². The maximum atomic E-state index is 9.86. The normalized spacial score (nSPS) is 12.2. The van der Waals surface area contributed by atoms with Crippen molar-refractivity contribution in [3.05, 3.63) is 20.6 Å². The summed E-state index contributed by atoms with van der Waals surface area (Å²) in [6, 6.07) is 1.71. The van der Waals surface area contributed by atoms with Gasteiger partial charge in [-0.15, -0.1) is 12.4 Å². The third-order valence-corrected chi connectivity index (χ3v) is 5.01. The predicted molar refractivity (Wildman–Crippen MR) is 88.3 cm³/mol. The van der Waals surface area contributed by atoms with Crippen LogP contribution in [0.25, 0.3) is 0 Å². The first-order chi connectivity index (χ1) is 8.38. The first kappa shape index (κ1) is 19.0. The summed E-state index contributed by atoms with van der Waals surface area (Å²) in [5, 5.41) is 9.86. The van der Waals surface area contributed by atoms with E-state index in [2.05, 4.69) is 45.7 Å². The Morgan fingerprint density at radius 3 is 2.32 bits per heavy atom. The third kappa shape index (κ3) is 4.81. The Balaban J connectivity index is 0.00000324. The van der Waals surface area contributed by atoms with E-state index in [-0.39, 0.29) is 24.2 Å². The molecule has 1 aromatic rings. The molecular weight excluding hydrogens is 397 g/mol. The topological polar surface area (TPSA) is 55.5 Å². The van der Waals surface area contributed by atoms with Gasteiger partial charge in [-0.1, -0.05) is 13.8 Å². The van der Waals surface area contributed by atoms with Crippen LogP contribution in [0.15, 0.2) is 15.0 Å². The van der Waals surface area contributed by atoms with E-state index in [0.717, 1.165) is 22.9 Å². The SMILES string of the molecule is COc1cc([C@H](N)CCC(C)C)c(Br)c(Br)c1O.Cl. The Bertz CT molecular complexity index is 428. The van der Waals surface area contributed by atoms with Gasteiger partial charge in [-0.2, -0.15) is 0 Å². The summed E-state index contributed by atoms with van der Waals surface area (Å²) in [6.07, 6.45) is 1.96. The number of halogens is 3. The van der Waals surface area contributed by atoms with E-state index in [1.165, 1.54) is 7.11 Å². The molecule has 0 aliphatic rings. The molecule has 0 saturated heterocycles. The largest absolute Gasteiger partial charge is 0.503 e. The van der Waals surface area contributed by atoms with E-state index in [0.29, 0.717) is 16.1 Å². The van der Waals surface area contributed by atoms with Crippen LogP contribution in [0.1, 0.15) is 38.3 Å². The molecule has 1 aromatic carbocycles. The van der Waals surface area contributed by atoms with Crippen LogP contribution in [0.2, 0.25) is 0 Å². The number of nitrogens with two attached hydrogens (primary N) is 1. The molecule has 110 valence electrons. The van der Waals surface area contributed by atoms with Crippen molar-refractivity contribution in [2.75, 3.05) is 7.11 Å². The van der Waals surface area contributed by atoms with E-state index in [1.54, 1.807) is 6.07 Å². The van der Waals surface area contributed by atoms with Gasteiger partial charge in [0.1, 0.15) is 0 Å². The summed E-state index contributed by atoms with van der Waals surface area (Å²) in [7, 11) is 1.53. The van der Waals surface area contributed by atoms with Gasteiger partial charge in [0, 0.05) is 10.5 Å². The summed E-state index contributed by atoms with van der Waals surface area (Å²) < 4.78 is 6.51. The van der Waals surface area contributed by atoms with Crippen LogP contribution in [0.3, 0.4) is 0 Å². The molecule has 0 aliphatic heterocycles. The van der Waals surface area contributed by atoms with E-state index < -0.39 is 0 Å². The fourth-order valence-electron chi connectivity index (χ4n) is 1.71. The Labute approximate surface area is 137 Å². The number of ether oxygens (including phenoxy) is 1. The quantitative estimate of drug-likeness (QED) is 0.725. The first-order valence-electron chi connectivity index (χ1n) is 5.88. The van der Waals surface area contributed by atoms with Gasteiger partial charge < -0.3 is 15.6 Å². The number of aromatic hydroxyl groups is 1. The van der Waals surface area contributed by atoms with E-state index in [9.17, 15) is 5.11 Å². The van der Waals surface area contributed by atoms with Crippen LogP contribution >= 0.6 is 44.3 Å². The minimum atomic E-state index is -0.0763. The molecule has 19 heavy (non-hydrogen) atoms. The van der Waals surface area contributed by atoms with Gasteiger partial charge in [0.15, 0.2) is 11.5 Å². The van der Waals surface area contributed by atoms with Crippen molar-refractivity contribution in [3.8, 4) is 11.5 Å². The number of rotatable bonds is 5. The molecule has 0 unspecified atom stereocenters. The molecule has 1 atom stereocenters. The molecular formula is C13H20Br2ClNO2. The number of hydrogen-bond acceptors (Lipinski definition) is 3. The summed E-state index contributed by atoms with van der Waals surface area (Å²) in [5.74, 6) is 1.14. The van der Waals surface area contributed by atoms with Crippen LogP contribution in [0.5, 0.6) is 11.5 Å². The van der Waals surface area contributed by atoms with Crippen molar-refractivity contribution in [3.63, 3.8) is 0 Å². The lowest BCUT2D eigenvalue weighted by Crippen LogP contribution is -2.12. The number of methoxy groups -OCH3 is 1. The maximum absolute atomic E-state index is 9.86. The Morgan fingerprint density at radius 2 is 1.84 bits per heavy atom. The summed E-state index contributed by atoms with van der Waals surface area (Å²) in [6.45, 7) is 4.35. The molecule has 0 spiro atoms. The van der Waals surface area contributed by atoms with Gasteiger partial charge in [0.25, 0.3) is 0 Å². The Kier molecular flexibility index (Phi) is 8.36. The number of hydrogen-bond donors (Lipinski definition) is 2. The van der Waals surface area contributed by atoms with Crippen LogP contribution in [-0.4, -0.2) is 12.2 Å². The number of benzene rings is 1. The van der Waals surface area contributed by atoms with Gasteiger partial charge in [-0.25, -0.2) is 0 Å². The highest BCUT2D eigenvalue weighted by Crippen LogP contribution is 2.43. The zero-order valence-corrected chi connectivity index (χ0v) is 15.2. The lowest BCUT2D eigenvalue weighted by molar-refractivity contribution is 0.370. The van der Waals surface area contributed by atoms with Crippen LogP contribution in [-0.2, 0) is 0 Å². The average molecular weight is 418 g/mol. The molecule has 0 amide bonds. The molecule has 3 nitrogen and oxygen atoms in total. The number of phenols is 1. The van der Waals surface area contributed by atoms with Gasteiger partial charge in [-0.3, -0.25) is 0 Å². The fraction of sp³-hybridized carbons (Fsp3) is 0.538. The van der Waals surface area contributed by atoms with Crippen molar-refractivity contribution in [1.82, 2.24) is 0 Å². The van der Waals surface area contributed by atoms with Crippen LogP contribution in [0, 0.1) is 5.92 Å². The Hall–Kier alpha value is 0.0300. The van der Waals surface area contributed by atoms with E-state index in [1.807, 2.05) is 0 Å². The van der Waals surface area contributed by atoms with Crippen molar-refractivity contribution in [2.45, 2.75) is 32.7 Å². The fourth-order valence-corrected chi connectivity index (χ4v) is 2.73.